The van der Waals surface area contributed by atoms with Crippen LogP contribution in [0.3, 0.4) is 0 Å². The number of nitrogens with one attached hydrogen (secondary N) is 1. The van der Waals surface area contributed by atoms with Crippen LogP contribution in [0.1, 0.15) is 36.8 Å². The van der Waals surface area contributed by atoms with Gasteiger partial charge in [0.1, 0.15) is 0 Å². The van der Waals surface area contributed by atoms with Gasteiger partial charge in [0, 0.05) is 5.54 Å². The number of amides is 1. The molecule has 0 atom stereocenters. The van der Waals surface area contributed by atoms with Crippen LogP contribution in [0.5, 0.6) is 0 Å². The van der Waals surface area contributed by atoms with Gasteiger partial charge in [-0.05, 0) is 39.8 Å². The van der Waals surface area contributed by atoms with Crippen LogP contribution in [0, 0.1) is 6.92 Å². The second kappa shape index (κ2) is 4.84. The molecule has 0 aliphatic heterocycles. The number of nitrogens with zero attached hydrogens (tertiary/aromatic N) is 3. The molecule has 0 aliphatic carbocycles. The molecule has 5 nitrogen and oxygen atoms in total. The molecule has 0 radical (unpaired) electrons. The van der Waals surface area contributed by atoms with Crippen molar-refractivity contribution in [1.29, 1.82) is 0 Å². The van der Waals surface area contributed by atoms with Crippen LogP contribution in [0.25, 0.3) is 5.69 Å². The summed E-state index contributed by atoms with van der Waals surface area (Å²) in [4.78, 5) is 11.9. The minimum Gasteiger partial charge on any atom is -0.346 e. The molecule has 2 rings (SSSR count). The van der Waals surface area contributed by atoms with Crippen LogP contribution in [-0.2, 0) is 0 Å². The molecule has 1 N–H and O–H groups in total. The Kier molecular flexibility index (Phi) is 3.38. The zero-order valence-electron chi connectivity index (χ0n) is 11.6. The number of rotatable bonds is 2. The van der Waals surface area contributed by atoms with E-state index in [9.17, 15) is 4.79 Å². The minimum atomic E-state index is -0.287. The SMILES string of the molecule is Cc1ccc(-n2cc(C(=O)NC(C)(C)C)nn2)cc1. The molecule has 0 unspecified atom stereocenters. The molecule has 0 spiro atoms. The van der Waals surface area contributed by atoms with Crippen molar-refractivity contribution in [3.8, 4) is 5.69 Å². The Labute approximate surface area is 112 Å². The van der Waals surface area contributed by atoms with Crippen LogP contribution in [0.15, 0.2) is 30.5 Å². The van der Waals surface area contributed by atoms with E-state index in [4.69, 9.17) is 0 Å². The third kappa shape index (κ3) is 3.40. The molecule has 1 amide bonds. The highest BCUT2D eigenvalue weighted by molar-refractivity contribution is 5.92. The van der Waals surface area contributed by atoms with Crippen LogP contribution in [0.4, 0.5) is 0 Å². The fourth-order valence-electron chi connectivity index (χ4n) is 1.60. The van der Waals surface area contributed by atoms with Crippen molar-refractivity contribution in [2.75, 3.05) is 0 Å². The predicted octanol–water partition coefficient (Wildman–Crippen LogP) is 2.10. The molecule has 100 valence electrons. The minimum absolute atomic E-state index is 0.217. The molecular weight excluding hydrogens is 240 g/mol. The summed E-state index contributed by atoms with van der Waals surface area (Å²) in [6.07, 6.45) is 1.63. The van der Waals surface area contributed by atoms with E-state index < -0.39 is 0 Å². The van der Waals surface area contributed by atoms with Gasteiger partial charge in [0.2, 0.25) is 0 Å². The molecule has 1 heterocycles. The lowest BCUT2D eigenvalue weighted by molar-refractivity contribution is 0.0914. The highest BCUT2D eigenvalue weighted by atomic mass is 16.2. The molecule has 0 saturated carbocycles. The summed E-state index contributed by atoms with van der Waals surface area (Å²) in [5.41, 5.74) is 2.09. The normalized spacial score (nSPS) is 11.4. The van der Waals surface area contributed by atoms with E-state index in [-0.39, 0.29) is 11.4 Å². The molecule has 1 aromatic heterocycles. The Morgan fingerprint density at radius 1 is 1.21 bits per heavy atom. The third-order valence-electron chi connectivity index (χ3n) is 2.51. The van der Waals surface area contributed by atoms with Crippen molar-refractivity contribution in [1.82, 2.24) is 20.3 Å². The Bertz CT molecular complexity index is 578. The number of carbonyl (C=O) groups excluding carboxylic acids is 1. The Morgan fingerprint density at radius 3 is 2.42 bits per heavy atom. The van der Waals surface area contributed by atoms with Gasteiger partial charge in [-0.25, -0.2) is 4.68 Å². The second-order valence-corrected chi connectivity index (χ2v) is 5.59. The van der Waals surface area contributed by atoms with E-state index in [1.807, 2.05) is 52.0 Å². The molecule has 0 aliphatic rings. The topological polar surface area (TPSA) is 59.8 Å². The van der Waals surface area contributed by atoms with E-state index in [2.05, 4.69) is 15.6 Å². The molecule has 2 aromatic rings. The summed E-state index contributed by atoms with van der Waals surface area (Å²) < 4.78 is 1.59. The van der Waals surface area contributed by atoms with Gasteiger partial charge < -0.3 is 5.32 Å². The van der Waals surface area contributed by atoms with Crippen LogP contribution < -0.4 is 5.32 Å². The number of aromatic nitrogens is 3. The smallest absolute Gasteiger partial charge is 0.273 e. The first-order valence-electron chi connectivity index (χ1n) is 6.17. The van der Waals surface area contributed by atoms with E-state index in [1.54, 1.807) is 10.9 Å². The maximum atomic E-state index is 11.9. The van der Waals surface area contributed by atoms with Crippen molar-refractivity contribution in [3.05, 3.63) is 41.7 Å². The van der Waals surface area contributed by atoms with E-state index in [1.165, 1.54) is 5.56 Å². The van der Waals surface area contributed by atoms with Gasteiger partial charge in [-0.3, -0.25) is 4.79 Å². The number of benzene rings is 1. The van der Waals surface area contributed by atoms with Gasteiger partial charge in [-0.15, -0.1) is 5.10 Å². The first-order valence-corrected chi connectivity index (χ1v) is 6.17. The second-order valence-electron chi connectivity index (χ2n) is 5.59. The average molecular weight is 258 g/mol. The highest BCUT2D eigenvalue weighted by Gasteiger charge is 2.18. The maximum absolute atomic E-state index is 11.9. The molecule has 0 fully saturated rings. The first-order chi connectivity index (χ1) is 8.85. The first kappa shape index (κ1) is 13.3. The molecule has 0 saturated heterocycles. The Morgan fingerprint density at radius 2 is 1.84 bits per heavy atom. The summed E-state index contributed by atoms with van der Waals surface area (Å²) in [7, 11) is 0. The summed E-state index contributed by atoms with van der Waals surface area (Å²) in [6.45, 7) is 7.80. The summed E-state index contributed by atoms with van der Waals surface area (Å²) in [5.74, 6) is -0.217. The van der Waals surface area contributed by atoms with Crippen LogP contribution in [0.2, 0.25) is 0 Å². The van der Waals surface area contributed by atoms with Crippen molar-refractivity contribution in [2.24, 2.45) is 0 Å². The van der Waals surface area contributed by atoms with Crippen molar-refractivity contribution >= 4 is 5.91 Å². The monoisotopic (exact) mass is 258 g/mol. The standard InChI is InChI=1S/C14H18N4O/c1-10-5-7-11(8-6-10)18-9-12(16-17-18)13(19)15-14(2,3)4/h5-9H,1-4H3,(H,15,19). The van der Waals surface area contributed by atoms with Gasteiger partial charge in [-0.1, -0.05) is 22.9 Å². The Hall–Kier alpha value is -2.17. The lowest BCUT2D eigenvalue weighted by Crippen LogP contribution is -2.40. The van der Waals surface area contributed by atoms with Crippen molar-refractivity contribution in [2.45, 2.75) is 33.2 Å². The van der Waals surface area contributed by atoms with Gasteiger partial charge in [0.05, 0.1) is 11.9 Å². The number of aryl methyl sites for hydroxylation is 1. The molecular formula is C14H18N4O. The zero-order valence-corrected chi connectivity index (χ0v) is 11.6. The van der Waals surface area contributed by atoms with Crippen molar-refractivity contribution < 1.29 is 4.79 Å². The zero-order chi connectivity index (χ0) is 14.0. The van der Waals surface area contributed by atoms with E-state index >= 15 is 0 Å². The summed E-state index contributed by atoms with van der Waals surface area (Å²) in [5, 5.41) is 10.7. The Balaban J connectivity index is 2.19. The van der Waals surface area contributed by atoms with E-state index in [0.717, 1.165) is 5.69 Å². The molecule has 0 bridgehead atoms. The lowest BCUT2D eigenvalue weighted by Gasteiger charge is -2.19. The van der Waals surface area contributed by atoms with Gasteiger partial charge >= 0.3 is 0 Å². The number of hydrogen-bond donors (Lipinski definition) is 1. The van der Waals surface area contributed by atoms with Gasteiger partial charge in [-0.2, -0.15) is 0 Å². The fourth-order valence-corrected chi connectivity index (χ4v) is 1.60. The molecule has 1 aromatic carbocycles. The van der Waals surface area contributed by atoms with Gasteiger partial charge in [0.25, 0.3) is 5.91 Å². The number of carbonyl (C=O) groups is 1. The lowest BCUT2D eigenvalue weighted by atomic mass is 10.1. The van der Waals surface area contributed by atoms with Crippen molar-refractivity contribution in [3.63, 3.8) is 0 Å². The maximum Gasteiger partial charge on any atom is 0.273 e. The quantitative estimate of drug-likeness (QED) is 0.897. The molecule has 19 heavy (non-hydrogen) atoms. The molecule has 5 heteroatoms. The van der Waals surface area contributed by atoms with Crippen LogP contribution in [-0.4, -0.2) is 26.4 Å². The van der Waals surface area contributed by atoms with E-state index in [0.29, 0.717) is 5.69 Å². The third-order valence-corrected chi connectivity index (χ3v) is 2.51. The average Bonchev–Trinajstić information content (AvgIpc) is 2.77. The fraction of sp³-hybridized carbons (Fsp3) is 0.357. The predicted molar refractivity (Wildman–Crippen MR) is 73.3 cm³/mol. The highest BCUT2D eigenvalue weighted by Crippen LogP contribution is 2.09. The number of hydrogen-bond acceptors (Lipinski definition) is 3. The largest absolute Gasteiger partial charge is 0.346 e. The van der Waals surface area contributed by atoms with Crippen LogP contribution >= 0.6 is 0 Å². The summed E-state index contributed by atoms with van der Waals surface area (Å²) >= 11 is 0. The summed E-state index contributed by atoms with van der Waals surface area (Å²) in [6, 6.07) is 7.86. The van der Waals surface area contributed by atoms with Gasteiger partial charge in [0.15, 0.2) is 5.69 Å².